The highest BCUT2D eigenvalue weighted by molar-refractivity contribution is 5.84. The molecule has 0 aliphatic carbocycles. The van der Waals surface area contributed by atoms with Gasteiger partial charge in [-0.3, -0.25) is 9.63 Å². The van der Waals surface area contributed by atoms with E-state index < -0.39 is 17.7 Å². The first-order valence-corrected chi connectivity index (χ1v) is 5.52. The van der Waals surface area contributed by atoms with Crippen LogP contribution in [0, 0.1) is 0 Å². The summed E-state index contributed by atoms with van der Waals surface area (Å²) in [6.07, 6.45) is -0.145. The third-order valence-electron chi connectivity index (χ3n) is 1.98. The maximum Gasteiger partial charge on any atom is 0.408 e. The molecule has 6 nitrogen and oxygen atoms in total. The second-order valence-electron chi connectivity index (χ2n) is 4.63. The summed E-state index contributed by atoms with van der Waals surface area (Å²) < 4.78 is 5.07. The van der Waals surface area contributed by atoms with Gasteiger partial charge in [-0.1, -0.05) is 6.92 Å². The fraction of sp³-hybridized carbons (Fsp3) is 0.818. The zero-order chi connectivity index (χ0) is 13.6. The van der Waals surface area contributed by atoms with Crippen LogP contribution in [0.1, 0.15) is 34.1 Å². The lowest BCUT2D eigenvalue weighted by Crippen LogP contribution is -2.48. The molecular weight excluding hydrogens is 224 g/mol. The Hall–Kier alpha value is -1.30. The van der Waals surface area contributed by atoms with Crippen LogP contribution in [0.4, 0.5) is 4.79 Å². The summed E-state index contributed by atoms with van der Waals surface area (Å²) in [7, 11) is 2.87. The molecule has 0 aromatic heterocycles. The lowest BCUT2D eigenvalue weighted by Gasteiger charge is -2.24. The molecule has 0 aromatic rings. The van der Waals surface area contributed by atoms with Crippen LogP contribution in [-0.2, 0) is 14.4 Å². The van der Waals surface area contributed by atoms with E-state index >= 15 is 0 Å². The first kappa shape index (κ1) is 15.7. The van der Waals surface area contributed by atoms with Crippen LogP contribution in [-0.4, -0.2) is 42.9 Å². The molecule has 0 spiro atoms. The molecule has 17 heavy (non-hydrogen) atoms. The first-order valence-electron chi connectivity index (χ1n) is 5.52. The van der Waals surface area contributed by atoms with E-state index in [4.69, 9.17) is 9.57 Å². The van der Waals surface area contributed by atoms with Gasteiger partial charge in [0.15, 0.2) is 0 Å². The van der Waals surface area contributed by atoms with Crippen LogP contribution >= 0.6 is 0 Å². The van der Waals surface area contributed by atoms with Crippen LogP contribution in [0.25, 0.3) is 0 Å². The predicted molar refractivity (Wildman–Crippen MR) is 63.2 cm³/mol. The highest BCUT2D eigenvalue weighted by atomic mass is 16.7. The summed E-state index contributed by atoms with van der Waals surface area (Å²) >= 11 is 0. The molecule has 0 aliphatic heterocycles. The maximum atomic E-state index is 11.7. The summed E-state index contributed by atoms with van der Waals surface area (Å²) in [6.45, 7) is 7.08. The minimum atomic E-state index is -0.644. The number of rotatable bonds is 4. The van der Waals surface area contributed by atoms with Gasteiger partial charge in [-0.25, -0.2) is 9.86 Å². The number of hydrogen-bond acceptors (Lipinski definition) is 4. The average molecular weight is 246 g/mol. The number of alkyl carbamates (subject to hydrolysis) is 1. The predicted octanol–water partition coefficient (Wildman–Crippen LogP) is 1.31. The van der Waals surface area contributed by atoms with Crippen LogP contribution in [0.15, 0.2) is 0 Å². The molecule has 0 bridgehead atoms. The lowest BCUT2D eigenvalue weighted by molar-refractivity contribution is -0.171. The number of carbonyl (C=O) groups is 2. The number of nitrogens with one attached hydrogen (secondary N) is 1. The van der Waals surface area contributed by atoms with E-state index in [9.17, 15) is 9.59 Å². The van der Waals surface area contributed by atoms with Gasteiger partial charge in [-0.05, 0) is 27.2 Å². The van der Waals surface area contributed by atoms with E-state index in [-0.39, 0.29) is 5.91 Å². The van der Waals surface area contributed by atoms with Crippen molar-refractivity contribution in [3.8, 4) is 0 Å². The fourth-order valence-corrected chi connectivity index (χ4v) is 1.10. The van der Waals surface area contributed by atoms with E-state index in [1.807, 2.05) is 0 Å². The van der Waals surface area contributed by atoms with Gasteiger partial charge in [0.25, 0.3) is 5.91 Å². The van der Waals surface area contributed by atoms with Crippen molar-refractivity contribution in [2.24, 2.45) is 0 Å². The Balaban J connectivity index is 4.41. The van der Waals surface area contributed by atoms with Crippen molar-refractivity contribution >= 4 is 12.0 Å². The van der Waals surface area contributed by atoms with Crippen molar-refractivity contribution in [1.82, 2.24) is 10.4 Å². The second kappa shape index (κ2) is 6.44. The Morgan fingerprint density at radius 1 is 1.35 bits per heavy atom. The summed E-state index contributed by atoms with van der Waals surface area (Å²) in [5.41, 5.74) is -0.585. The van der Waals surface area contributed by atoms with E-state index in [2.05, 4.69) is 5.32 Å². The monoisotopic (exact) mass is 246 g/mol. The van der Waals surface area contributed by atoms with Gasteiger partial charge in [0, 0.05) is 7.05 Å². The second-order valence-corrected chi connectivity index (χ2v) is 4.63. The summed E-state index contributed by atoms with van der Waals surface area (Å²) in [6, 6.07) is -0.644. The number of hydroxylamine groups is 2. The minimum Gasteiger partial charge on any atom is -0.444 e. The molecule has 0 radical (unpaired) electrons. The van der Waals surface area contributed by atoms with Crippen molar-refractivity contribution in [1.29, 1.82) is 0 Å². The van der Waals surface area contributed by atoms with Gasteiger partial charge in [-0.15, -0.1) is 0 Å². The van der Waals surface area contributed by atoms with Gasteiger partial charge in [-0.2, -0.15) is 0 Å². The van der Waals surface area contributed by atoms with Crippen LogP contribution in [0.2, 0.25) is 0 Å². The zero-order valence-electron chi connectivity index (χ0n) is 11.4. The summed E-state index contributed by atoms with van der Waals surface area (Å²) in [5, 5.41) is 3.58. The van der Waals surface area contributed by atoms with Crippen molar-refractivity contribution in [3.05, 3.63) is 0 Å². The molecular formula is C11H22N2O4. The lowest BCUT2D eigenvalue weighted by atomic mass is 10.2. The molecule has 2 amide bonds. The largest absolute Gasteiger partial charge is 0.444 e. The Morgan fingerprint density at radius 3 is 2.24 bits per heavy atom. The molecule has 0 rings (SSSR count). The third kappa shape index (κ3) is 6.11. The average Bonchev–Trinajstić information content (AvgIpc) is 2.21. The van der Waals surface area contributed by atoms with Gasteiger partial charge >= 0.3 is 6.09 Å². The molecule has 1 atom stereocenters. The van der Waals surface area contributed by atoms with Crippen LogP contribution < -0.4 is 5.32 Å². The van der Waals surface area contributed by atoms with Gasteiger partial charge < -0.3 is 10.1 Å². The molecule has 1 unspecified atom stereocenters. The molecule has 0 saturated carbocycles. The van der Waals surface area contributed by atoms with Gasteiger partial charge in [0.2, 0.25) is 0 Å². The Morgan fingerprint density at radius 2 is 1.88 bits per heavy atom. The van der Waals surface area contributed by atoms with E-state index in [0.29, 0.717) is 6.42 Å². The molecule has 0 aromatic carbocycles. The maximum absolute atomic E-state index is 11.7. The molecule has 0 heterocycles. The SMILES string of the molecule is CCC(NC(=O)OC(C)(C)C)C(=O)N(C)OC. The Bertz CT molecular complexity index is 273. The standard InChI is InChI=1S/C11H22N2O4/c1-7-8(9(14)13(5)16-6)12-10(15)17-11(2,3)4/h8H,7H2,1-6H3,(H,12,15). The Kier molecular flexibility index (Phi) is 5.95. The highest BCUT2D eigenvalue weighted by Gasteiger charge is 2.25. The van der Waals surface area contributed by atoms with Crippen molar-refractivity contribution in [2.45, 2.75) is 45.8 Å². The van der Waals surface area contributed by atoms with Crippen molar-refractivity contribution < 1.29 is 19.2 Å². The summed E-state index contributed by atoms with van der Waals surface area (Å²) in [4.78, 5) is 28.0. The van der Waals surface area contributed by atoms with Gasteiger partial charge in [0.05, 0.1) is 7.11 Å². The quantitative estimate of drug-likeness (QED) is 0.759. The van der Waals surface area contributed by atoms with Crippen molar-refractivity contribution in [2.75, 3.05) is 14.2 Å². The number of likely N-dealkylation sites (N-methyl/N-ethyl adjacent to an activating group) is 1. The van der Waals surface area contributed by atoms with Gasteiger partial charge in [0.1, 0.15) is 11.6 Å². The molecule has 0 saturated heterocycles. The van der Waals surface area contributed by atoms with Crippen molar-refractivity contribution in [3.63, 3.8) is 0 Å². The molecule has 1 N–H and O–H groups in total. The number of carbonyl (C=O) groups excluding carboxylic acids is 2. The highest BCUT2D eigenvalue weighted by Crippen LogP contribution is 2.07. The number of amides is 2. The molecule has 0 aliphatic rings. The number of ether oxygens (including phenoxy) is 1. The Labute approximate surface area is 102 Å². The van der Waals surface area contributed by atoms with E-state index in [1.165, 1.54) is 14.2 Å². The topological polar surface area (TPSA) is 67.9 Å². The van der Waals surface area contributed by atoms with Crippen LogP contribution in [0.5, 0.6) is 0 Å². The minimum absolute atomic E-state index is 0.319. The fourth-order valence-electron chi connectivity index (χ4n) is 1.10. The number of hydrogen-bond donors (Lipinski definition) is 1. The molecule has 0 fully saturated rings. The summed E-state index contributed by atoms with van der Waals surface area (Å²) in [5.74, 6) is -0.319. The number of nitrogens with zero attached hydrogens (tertiary/aromatic N) is 1. The molecule has 6 heteroatoms. The zero-order valence-corrected chi connectivity index (χ0v) is 11.4. The van der Waals surface area contributed by atoms with E-state index in [1.54, 1.807) is 27.7 Å². The normalized spacial score (nSPS) is 12.8. The van der Waals surface area contributed by atoms with E-state index in [0.717, 1.165) is 5.06 Å². The molecule has 100 valence electrons. The first-order chi connectivity index (χ1) is 7.71. The smallest absolute Gasteiger partial charge is 0.408 e. The third-order valence-corrected chi connectivity index (χ3v) is 1.98. The van der Waals surface area contributed by atoms with Crippen LogP contribution in [0.3, 0.4) is 0 Å².